The van der Waals surface area contributed by atoms with Crippen molar-refractivity contribution in [1.82, 2.24) is 20.4 Å². The van der Waals surface area contributed by atoms with Crippen molar-refractivity contribution in [2.75, 3.05) is 13.1 Å². The summed E-state index contributed by atoms with van der Waals surface area (Å²) in [6.07, 6.45) is 5.90. The highest BCUT2D eigenvalue weighted by Gasteiger charge is 2.16. The molecule has 0 aliphatic carbocycles. The number of pyridine rings is 1. The van der Waals surface area contributed by atoms with Crippen LogP contribution in [0, 0.1) is 0 Å². The number of hydrogen-bond acceptors (Lipinski definition) is 5. The maximum atomic E-state index is 12.5. The van der Waals surface area contributed by atoms with Gasteiger partial charge in [0.25, 0.3) is 5.91 Å². The predicted octanol–water partition coefficient (Wildman–Crippen LogP) is 3.26. The average Bonchev–Trinajstić information content (AvgIpc) is 3.40. The average molecular weight is 362 g/mol. The van der Waals surface area contributed by atoms with Crippen molar-refractivity contribution in [2.45, 2.75) is 25.9 Å². The Hall–Kier alpha value is -2.99. The molecule has 0 radical (unpaired) electrons. The molecule has 1 amide bonds. The van der Waals surface area contributed by atoms with Crippen LogP contribution in [-0.2, 0) is 13.1 Å². The van der Waals surface area contributed by atoms with E-state index < -0.39 is 0 Å². The third kappa shape index (κ3) is 4.23. The summed E-state index contributed by atoms with van der Waals surface area (Å²) < 4.78 is 5.28. The first-order valence-electron chi connectivity index (χ1n) is 9.24. The molecule has 1 N–H and O–H groups in total. The summed E-state index contributed by atoms with van der Waals surface area (Å²) in [5, 5.41) is 6.84. The molecule has 0 atom stereocenters. The number of rotatable bonds is 6. The highest BCUT2D eigenvalue weighted by molar-refractivity contribution is 5.93. The Kier molecular flexibility index (Phi) is 5.25. The summed E-state index contributed by atoms with van der Waals surface area (Å²) in [7, 11) is 0. The van der Waals surface area contributed by atoms with Gasteiger partial charge in [-0.1, -0.05) is 29.4 Å². The Labute approximate surface area is 158 Å². The van der Waals surface area contributed by atoms with Crippen LogP contribution in [0.4, 0.5) is 0 Å². The molecular formula is C21H22N4O2. The minimum Gasteiger partial charge on any atom is -0.355 e. The Balaban J connectivity index is 1.40. The molecule has 0 bridgehead atoms. The van der Waals surface area contributed by atoms with Crippen molar-refractivity contribution < 1.29 is 9.32 Å². The summed E-state index contributed by atoms with van der Waals surface area (Å²) in [4.78, 5) is 19.0. The topological polar surface area (TPSA) is 71.3 Å². The smallest absolute Gasteiger partial charge is 0.273 e. The SMILES string of the molecule is O=C(NCc1ccccc1CN1CCCC1)c1cc(-c2cccnc2)on1. The molecule has 1 fully saturated rings. The molecule has 3 heterocycles. The third-order valence-electron chi connectivity index (χ3n) is 4.84. The van der Waals surface area contributed by atoms with E-state index in [-0.39, 0.29) is 11.6 Å². The van der Waals surface area contributed by atoms with Crippen LogP contribution in [0.25, 0.3) is 11.3 Å². The summed E-state index contributed by atoms with van der Waals surface area (Å²) >= 11 is 0. The van der Waals surface area contributed by atoms with E-state index >= 15 is 0 Å². The van der Waals surface area contributed by atoms with Gasteiger partial charge in [-0.25, -0.2) is 0 Å². The number of carbonyl (C=O) groups excluding carboxylic acids is 1. The monoisotopic (exact) mass is 362 g/mol. The van der Waals surface area contributed by atoms with E-state index in [9.17, 15) is 4.79 Å². The van der Waals surface area contributed by atoms with E-state index in [2.05, 4.69) is 38.6 Å². The van der Waals surface area contributed by atoms with Crippen LogP contribution in [0.2, 0.25) is 0 Å². The van der Waals surface area contributed by atoms with Crippen LogP contribution in [0.5, 0.6) is 0 Å². The van der Waals surface area contributed by atoms with Crippen LogP contribution in [0.3, 0.4) is 0 Å². The zero-order valence-corrected chi connectivity index (χ0v) is 15.1. The second-order valence-corrected chi connectivity index (χ2v) is 6.75. The number of carbonyl (C=O) groups is 1. The molecule has 27 heavy (non-hydrogen) atoms. The van der Waals surface area contributed by atoms with Crippen molar-refractivity contribution >= 4 is 5.91 Å². The molecular weight excluding hydrogens is 340 g/mol. The standard InChI is InChI=1S/C21H22N4O2/c26-21(19-12-20(27-24-19)17-8-5-9-22-13-17)23-14-16-6-1-2-7-18(16)15-25-10-3-4-11-25/h1-2,5-9,12-13H,3-4,10-11,14-15H2,(H,23,26). The Bertz CT molecular complexity index is 901. The highest BCUT2D eigenvalue weighted by atomic mass is 16.5. The van der Waals surface area contributed by atoms with E-state index in [4.69, 9.17) is 4.52 Å². The zero-order valence-electron chi connectivity index (χ0n) is 15.1. The maximum Gasteiger partial charge on any atom is 0.273 e. The lowest BCUT2D eigenvalue weighted by atomic mass is 10.1. The van der Waals surface area contributed by atoms with Gasteiger partial charge in [0, 0.05) is 37.1 Å². The largest absolute Gasteiger partial charge is 0.355 e. The number of aromatic nitrogens is 2. The fourth-order valence-electron chi connectivity index (χ4n) is 3.36. The van der Waals surface area contributed by atoms with Crippen molar-refractivity contribution in [3.05, 3.63) is 71.7 Å². The molecule has 0 spiro atoms. The first-order valence-corrected chi connectivity index (χ1v) is 9.24. The first-order chi connectivity index (χ1) is 13.3. The van der Waals surface area contributed by atoms with E-state index in [1.807, 2.05) is 18.2 Å². The van der Waals surface area contributed by atoms with Gasteiger partial charge in [0.05, 0.1) is 0 Å². The van der Waals surface area contributed by atoms with Crippen molar-refractivity contribution in [3.63, 3.8) is 0 Å². The van der Waals surface area contributed by atoms with Gasteiger partial charge in [0.1, 0.15) is 0 Å². The fraction of sp³-hybridized carbons (Fsp3) is 0.286. The van der Waals surface area contributed by atoms with Gasteiger partial charge in [-0.15, -0.1) is 0 Å². The summed E-state index contributed by atoms with van der Waals surface area (Å²) in [6, 6.07) is 13.6. The van der Waals surface area contributed by atoms with Gasteiger partial charge in [-0.05, 0) is 49.2 Å². The molecule has 1 aromatic carbocycles. The molecule has 6 nitrogen and oxygen atoms in total. The minimum absolute atomic E-state index is 0.245. The van der Waals surface area contributed by atoms with E-state index in [0.717, 1.165) is 30.8 Å². The number of amides is 1. The lowest BCUT2D eigenvalue weighted by Gasteiger charge is -2.17. The number of nitrogens with one attached hydrogen (secondary N) is 1. The van der Waals surface area contributed by atoms with Gasteiger partial charge in [-0.3, -0.25) is 14.7 Å². The van der Waals surface area contributed by atoms with E-state index in [0.29, 0.717) is 12.3 Å². The molecule has 138 valence electrons. The summed E-state index contributed by atoms with van der Waals surface area (Å²) in [6.45, 7) is 3.70. The van der Waals surface area contributed by atoms with E-state index in [1.54, 1.807) is 18.5 Å². The minimum atomic E-state index is -0.245. The number of hydrogen-bond donors (Lipinski definition) is 1. The summed E-state index contributed by atoms with van der Waals surface area (Å²) in [5.74, 6) is 0.285. The van der Waals surface area contributed by atoms with Crippen molar-refractivity contribution in [1.29, 1.82) is 0 Å². The lowest BCUT2D eigenvalue weighted by molar-refractivity contribution is 0.0942. The first kappa shape index (κ1) is 17.4. The Morgan fingerprint density at radius 1 is 1.11 bits per heavy atom. The van der Waals surface area contributed by atoms with Crippen LogP contribution in [0.1, 0.15) is 34.5 Å². The Morgan fingerprint density at radius 3 is 2.70 bits per heavy atom. The quantitative estimate of drug-likeness (QED) is 0.729. The van der Waals surface area contributed by atoms with Gasteiger partial charge >= 0.3 is 0 Å². The second-order valence-electron chi connectivity index (χ2n) is 6.75. The number of likely N-dealkylation sites (tertiary alicyclic amines) is 1. The second kappa shape index (κ2) is 8.14. The van der Waals surface area contributed by atoms with E-state index in [1.165, 1.54) is 18.4 Å². The molecule has 6 heteroatoms. The fourth-order valence-corrected chi connectivity index (χ4v) is 3.36. The van der Waals surface area contributed by atoms with Crippen LogP contribution < -0.4 is 5.32 Å². The molecule has 1 aliphatic heterocycles. The zero-order chi connectivity index (χ0) is 18.5. The lowest BCUT2D eigenvalue weighted by Crippen LogP contribution is -2.25. The van der Waals surface area contributed by atoms with Crippen LogP contribution in [0.15, 0.2) is 59.4 Å². The molecule has 1 saturated heterocycles. The van der Waals surface area contributed by atoms with Crippen molar-refractivity contribution in [2.24, 2.45) is 0 Å². The van der Waals surface area contributed by atoms with Crippen molar-refractivity contribution in [3.8, 4) is 11.3 Å². The normalized spacial score (nSPS) is 14.4. The number of benzene rings is 1. The Morgan fingerprint density at radius 2 is 1.93 bits per heavy atom. The van der Waals surface area contributed by atoms with Gasteiger partial charge in [0.2, 0.25) is 0 Å². The van der Waals surface area contributed by atoms with Gasteiger partial charge < -0.3 is 9.84 Å². The van der Waals surface area contributed by atoms with Gasteiger partial charge in [-0.2, -0.15) is 0 Å². The number of nitrogens with zero attached hydrogens (tertiary/aromatic N) is 3. The molecule has 2 aromatic heterocycles. The molecule has 0 unspecified atom stereocenters. The summed E-state index contributed by atoms with van der Waals surface area (Å²) in [5.41, 5.74) is 3.45. The van der Waals surface area contributed by atoms with Crippen LogP contribution in [-0.4, -0.2) is 34.0 Å². The third-order valence-corrected chi connectivity index (χ3v) is 4.84. The van der Waals surface area contributed by atoms with Gasteiger partial charge in [0.15, 0.2) is 11.5 Å². The molecule has 4 rings (SSSR count). The van der Waals surface area contributed by atoms with Crippen LogP contribution >= 0.6 is 0 Å². The highest BCUT2D eigenvalue weighted by Crippen LogP contribution is 2.19. The molecule has 3 aromatic rings. The molecule has 1 aliphatic rings. The molecule has 0 saturated carbocycles. The predicted molar refractivity (Wildman–Crippen MR) is 102 cm³/mol. The maximum absolute atomic E-state index is 12.5.